The molecular weight excluding hydrogens is 336 g/mol. The number of rotatable bonds is 5. The highest BCUT2D eigenvalue weighted by atomic mass is 32.2. The predicted octanol–water partition coefficient (Wildman–Crippen LogP) is 2.85. The molecule has 0 radical (unpaired) electrons. The lowest BCUT2D eigenvalue weighted by molar-refractivity contribution is 0.599. The van der Waals surface area contributed by atoms with Gasteiger partial charge in [-0.2, -0.15) is 0 Å². The fourth-order valence-electron chi connectivity index (χ4n) is 3.21. The van der Waals surface area contributed by atoms with Gasteiger partial charge in [0.25, 0.3) is 0 Å². The topological polar surface area (TPSA) is 75.2 Å². The van der Waals surface area contributed by atoms with Gasteiger partial charge in [0.2, 0.25) is 0 Å². The summed E-state index contributed by atoms with van der Waals surface area (Å²) in [6.07, 6.45) is 2.18. The summed E-state index contributed by atoms with van der Waals surface area (Å²) >= 11 is 0. The third kappa shape index (κ3) is 4.10. The van der Waals surface area contributed by atoms with Crippen LogP contribution in [0.1, 0.15) is 24.5 Å². The summed E-state index contributed by atoms with van der Waals surface area (Å²) in [5, 5.41) is 3.34. The number of hydrogen-bond acceptors (Lipinski definition) is 6. The fraction of sp³-hybridized carbons (Fsp3) is 0.444. The average Bonchev–Trinajstić information content (AvgIpc) is 2.92. The van der Waals surface area contributed by atoms with Crippen molar-refractivity contribution in [1.29, 1.82) is 0 Å². The number of nitrogens with zero attached hydrogens (tertiary/aromatic N) is 3. The highest BCUT2D eigenvalue weighted by molar-refractivity contribution is 7.91. The van der Waals surface area contributed by atoms with Crippen LogP contribution in [0.5, 0.6) is 0 Å². The molecule has 2 heterocycles. The number of anilines is 3. The van der Waals surface area contributed by atoms with E-state index in [9.17, 15) is 8.42 Å². The second kappa shape index (κ2) is 7.00. The van der Waals surface area contributed by atoms with Crippen molar-refractivity contribution >= 4 is 27.2 Å². The van der Waals surface area contributed by atoms with Crippen LogP contribution in [0.25, 0.3) is 0 Å². The summed E-state index contributed by atoms with van der Waals surface area (Å²) in [6, 6.07) is 8.10. The Morgan fingerprint density at radius 2 is 2.04 bits per heavy atom. The molecule has 3 rings (SSSR count). The van der Waals surface area contributed by atoms with E-state index < -0.39 is 9.84 Å². The summed E-state index contributed by atoms with van der Waals surface area (Å²) in [4.78, 5) is 10.7. The fourth-order valence-corrected chi connectivity index (χ4v) is 4.94. The molecule has 1 atom stereocenters. The number of aryl methyl sites for hydroxylation is 2. The standard InChI is InChI=1S/C18H24N4O2S/c1-4-22(15-7-8-25(23,24)11-15)18-10-17(19-12-20-18)21-16-9-13(2)5-6-14(16)3/h5-6,9-10,12,15H,4,7-8,11H2,1-3H3,(H,19,20,21). The van der Waals surface area contributed by atoms with Crippen LogP contribution >= 0.6 is 0 Å². The average molecular weight is 360 g/mol. The van der Waals surface area contributed by atoms with Crippen LogP contribution in [0.15, 0.2) is 30.6 Å². The molecule has 0 aliphatic carbocycles. The molecule has 1 fully saturated rings. The monoisotopic (exact) mass is 360 g/mol. The van der Waals surface area contributed by atoms with E-state index in [0.29, 0.717) is 18.8 Å². The van der Waals surface area contributed by atoms with Gasteiger partial charge >= 0.3 is 0 Å². The van der Waals surface area contributed by atoms with Crippen molar-refractivity contribution in [3.8, 4) is 0 Å². The van der Waals surface area contributed by atoms with Gasteiger partial charge in [-0.1, -0.05) is 12.1 Å². The van der Waals surface area contributed by atoms with E-state index in [1.807, 2.05) is 19.9 Å². The molecule has 1 aliphatic heterocycles. The van der Waals surface area contributed by atoms with E-state index in [1.54, 1.807) is 0 Å². The van der Waals surface area contributed by atoms with E-state index in [2.05, 4.69) is 45.3 Å². The van der Waals surface area contributed by atoms with Crippen LogP contribution in [-0.4, -0.2) is 42.5 Å². The Labute approximate surface area is 149 Å². The smallest absolute Gasteiger partial charge is 0.152 e. The molecule has 1 unspecified atom stereocenters. The molecule has 1 aromatic carbocycles. The van der Waals surface area contributed by atoms with Crippen LogP contribution in [-0.2, 0) is 9.84 Å². The summed E-state index contributed by atoms with van der Waals surface area (Å²) in [7, 11) is -2.93. The number of sulfone groups is 1. The normalized spacial score (nSPS) is 18.9. The Kier molecular flexibility index (Phi) is 4.94. The Bertz CT molecular complexity index is 867. The van der Waals surface area contributed by atoms with Crippen molar-refractivity contribution in [1.82, 2.24) is 9.97 Å². The number of hydrogen-bond donors (Lipinski definition) is 1. The van der Waals surface area contributed by atoms with Gasteiger partial charge in [0.1, 0.15) is 18.0 Å². The molecule has 0 amide bonds. The van der Waals surface area contributed by atoms with Gasteiger partial charge in [0, 0.05) is 24.3 Å². The maximum absolute atomic E-state index is 11.8. The van der Waals surface area contributed by atoms with Gasteiger partial charge in [-0.05, 0) is 44.4 Å². The SMILES string of the molecule is CCN(c1cc(Nc2cc(C)ccc2C)ncn1)C1CCS(=O)(=O)C1. The lowest BCUT2D eigenvalue weighted by Gasteiger charge is -2.28. The van der Waals surface area contributed by atoms with E-state index in [0.717, 1.165) is 17.1 Å². The molecule has 25 heavy (non-hydrogen) atoms. The van der Waals surface area contributed by atoms with E-state index in [-0.39, 0.29) is 17.5 Å². The minimum atomic E-state index is -2.93. The van der Waals surface area contributed by atoms with Crippen molar-refractivity contribution in [2.45, 2.75) is 33.2 Å². The second-order valence-electron chi connectivity index (χ2n) is 6.55. The lowest BCUT2D eigenvalue weighted by Crippen LogP contribution is -2.36. The van der Waals surface area contributed by atoms with Gasteiger partial charge < -0.3 is 10.2 Å². The Morgan fingerprint density at radius 3 is 2.72 bits per heavy atom. The van der Waals surface area contributed by atoms with Crippen molar-refractivity contribution in [2.24, 2.45) is 0 Å². The Balaban J connectivity index is 1.84. The first-order chi connectivity index (χ1) is 11.9. The third-order valence-corrected chi connectivity index (χ3v) is 6.34. The van der Waals surface area contributed by atoms with Gasteiger partial charge in [-0.3, -0.25) is 0 Å². The molecular formula is C18H24N4O2S. The summed E-state index contributed by atoms with van der Waals surface area (Å²) in [5.41, 5.74) is 3.32. The van der Waals surface area contributed by atoms with Crippen LogP contribution in [0.2, 0.25) is 0 Å². The first-order valence-electron chi connectivity index (χ1n) is 8.51. The summed E-state index contributed by atoms with van der Waals surface area (Å²) in [5.74, 6) is 1.92. The van der Waals surface area contributed by atoms with Crippen molar-refractivity contribution in [3.63, 3.8) is 0 Å². The molecule has 134 valence electrons. The van der Waals surface area contributed by atoms with E-state index in [1.165, 1.54) is 11.9 Å². The largest absolute Gasteiger partial charge is 0.353 e. The Morgan fingerprint density at radius 1 is 1.24 bits per heavy atom. The second-order valence-corrected chi connectivity index (χ2v) is 8.78. The highest BCUT2D eigenvalue weighted by Gasteiger charge is 2.32. The maximum Gasteiger partial charge on any atom is 0.152 e. The molecule has 6 nitrogen and oxygen atoms in total. The summed E-state index contributed by atoms with van der Waals surface area (Å²) < 4.78 is 23.6. The first-order valence-corrected chi connectivity index (χ1v) is 10.3. The zero-order valence-corrected chi connectivity index (χ0v) is 15.7. The van der Waals surface area contributed by atoms with Crippen LogP contribution in [0, 0.1) is 13.8 Å². The first kappa shape index (κ1) is 17.7. The molecule has 0 bridgehead atoms. The molecule has 1 saturated heterocycles. The van der Waals surface area contributed by atoms with Crippen LogP contribution < -0.4 is 10.2 Å². The van der Waals surface area contributed by atoms with E-state index >= 15 is 0 Å². The van der Waals surface area contributed by atoms with Gasteiger partial charge in [0.05, 0.1) is 11.5 Å². The molecule has 1 aromatic heterocycles. The molecule has 1 aliphatic rings. The third-order valence-electron chi connectivity index (χ3n) is 4.59. The van der Waals surface area contributed by atoms with Crippen molar-refractivity contribution in [2.75, 3.05) is 28.3 Å². The van der Waals surface area contributed by atoms with Crippen LogP contribution in [0.4, 0.5) is 17.3 Å². The predicted molar refractivity (Wildman–Crippen MR) is 101 cm³/mol. The minimum absolute atomic E-state index is 0.0153. The molecule has 1 N–H and O–H groups in total. The molecule has 0 spiro atoms. The quantitative estimate of drug-likeness (QED) is 0.884. The zero-order chi connectivity index (χ0) is 18.0. The van der Waals surface area contributed by atoms with Gasteiger partial charge in [-0.25, -0.2) is 18.4 Å². The van der Waals surface area contributed by atoms with Crippen molar-refractivity contribution < 1.29 is 8.42 Å². The molecule has 0 saturated carbocycles. The number of aromatic nitrogens is 2. The number of nitrogens with one attached hydrogen (secondary N) is 1. The van der Waals surface area contributed by atoms with Gasteiger partial charge in [-0.15, -0.1) is 0 Å². The van der Waals surface area contributed by atoms with E-state index in [4.69, 9.17) is 0 Å². The van der Waals surface area contributed by atoms with Crippen LogP contribution in [0.3, 0.4) is 0 Å². The maximum atomic E-state index is 11.8. The summed E-state index contributed by atoms with van der Waals surface area (Å²) in [6.45, 7) is 6.83. The lowest BCUT2D eigenvalue weighted by atomic mass is 10.1. The highest BCUT2D eigenvalue weighted by Crippen LogP contribution is 2.26. The van der Waals surface area contributed by atoms with Crippen molar-refractivity contribution in [3.05, 3.63) is 41.7 Å². The number of benzene rings is 1. The zero-order valence-electron chi connectivity index (χ0n) is 14.9. The molecule has 2 aromatic rings. The Hall–Kier alpha value is -2.15. The minimum Gasteiger partial charge on any atom is -0.353 e. The molecule has 7 heteroatoms. The van der Waals surface area contributed by atoms with Gasteiger partial charge in [0.15, 0.2) is 9.84 Å².